The predicted octanol–water partition coefficient (Wildman–Crippen LogP) is 4.63. The number of halogens is 1. The van der Waals surface area contributed by atoms with Crippen LogP contribution in [0.3, 0.4) is 0 Å². The Morgan fingerprint density at radius 3 is 2.52 bits per heavy atom. The average Bonchev–Trinajstić information content (AvgIpc) is 2.82. The van der Waals surface area contributed by atoms with E-state index in [1.54, 1.807) is 6.26 Å². The van der Waals surface area contributed by atoms with E-state index in [1.165, 1.54) is 0 Å². The van der Waals surface area contributed by atoms with Gasteiger partial charge in [-0.3, -0.25) is 0 Å². The standard InChI is InChI=1S/C17H22ClNO2/c1-11(2)19-9-14-5-6-20-16(14)10-21-17-12(3)7-15(18)8-13(17)4/h5-8,11,19H,9-10H2,1-4H3. The third kappa shape index (κ3) is 4.26. The molecule has 2 aromatic rings. The van der Waals surface area contributed by atoms with Crippen LogP contribution in [0.2, 0.25) is 5.02 Å². The maximum atomic E-state index is 6.04. The van der Waals surface area contributed by atoms with E-state index in [1.807, 2.05) is 32.0 Å². The fourth-order valence-corrected chi connectivity index (χ4v) is 2.56. The first kappa shape index (κ1) is 15.9. The largest absolute Gasteiger partial charge is 0.485 e. The molecular formula is C17H22ClNO2. The van der Waals surface area contributed by atoms with Gasteiger partial charge in [-0.2, -0.15) is 0 Å². The molecule has 3 nitrogen and oxygen atoms in total. The molecule has 0 radical (unpaired) electrons. The highest BCUT2D eigenvalue weighted by Gasteiger charge is 2.11. The monoisotopic (exact) mass is 307 g/mol. The zero-order valence-corrected chi connectivity index (χ0v) is 13.8. The minimum absolute atomic E-state index is 0.422. The molecule has 0 atom stereocenters. The van der Waals surface area contributed by atoms with Gasteiger partial charge in [-0.05, 0) is 43.2 Å². The summed E-state index contributed by atoms with van der Waals surface area (Å²) in [5.41, 5.74) is 3.20. The number of aryl methyl sites for hydroxylation is 2. The molecule has 2 rings (SSSR count). The van der Waals surface area contributed by atoms with Crippen molar-refractivity contribution < 1.29 is 9.15 Å². The zero-order valence-electron chi connectivity index (χ0n) is 13.0. The predicted molar refractivity (Wildman–Crippen MR) is 85.9 cm³/mol. The maximum absolute atomic E-state index is 6.04. The number of nitrogens with one attached hydrogen (secondary N) is 1. The molecule has 0 aliphatic heterocycles. The summed E-state index contributed by atoms with van der Waals surface area (Å²) in [5, 5.41) is 4.12. The Morgan fingerprint density at radius 2 is 1.90 bits per heavy atom. The molecular weight excluding hydrogens is 286 g/mol. The average molecular weight is 308 g/mol. The van der Waals surface area contributed by atoms with Crippen LogP contribution < -0.4 is 10.1 Å². The van der Waals surface area contributed by atoms with Gasteiger partial charge < -0.3 is 14.5 Å². The van der Waals surface area contributed by atoms with Gasteiger partial charge >= 0.3 is 0 Å². The highest BCUT2D eigenvalue weighted by molar-refractivity contribution is 6.30. The van der Waals surface area contributed by atoms with Crippen molar-refractivity contribution in [1.29, 1.82) is 0 Å². The van der Waals surface area contributed by atoms with Crippen molar-refractivity contribution in [3.05, 3.63) is 51.9 Å². The third-order valence-electron chi connectivity index (χ3n) is 3.31. The quantitative estimate of drug-likeness (QED) is 0.845. The van der Waals surface area contributed by atoms with E-state index >= 15 is 0 Å². The smallest absolute Gasteiger partial charge is 0.146 e. The number of hydrogen-bond donors (Lipinski definition) is 1. The summed E-state index contributed by atoms with van der Waals surface area (Å²) in [6, 6.07) is 6.24. The number of furan rings is 1. The summed E-state index contributed by atoms with van der Waals surface area (Å²) in [6.07, 6.45) is 1.71. The number of benzene rings is 1. The van der Waals surface area contributed by atoms with Crippen LogP contribution in [0.1, 0.15) is 36.3 Å². The Hall–Kier alpha value is -1.45. The highest BCUT2D eigenvalue weighted by atomic mass is 35.5. The van der Waals surface area contributed by atoms with Gasteiger partial charge in [-0.1, -0.05) is 25.4 Å². The summed E-state index contributed by atoms with van der Waals surface area (Å²) in [4.78, 5) is 0. The van der Waals surface area contributed by atoms with E-state index < -0.39 is 0 Å². The van der Waals surface area contributed by atoms with Crippen LogP contribution >= 0.6 is 11.6 Å². The Labute approximate surface area is 131 Å². The molecule has 0 saturated heterocycles. The van der Waals surface area contributed by atoms with E-state index in [0.717, 1.165) is 39.8 Å². The van der Waals surface area contributed by atoms with E-state index in [2.05, 4.69) is 19.2 Å². The van der Waals surface area contributed by atoms with Crippen LogP contribution in [0.15, 0.2) is 28.9 Å². The van der Waals surface area contributed by atoms with E-state index in [0.29, 0.717) is 12.6 Å². The zero-order chi connectivity index (χ0) is 15.4. The van der Waals surface area contributed by atoms with Gasteiger partial charge in [-0.25, -0.2) is 0 Å². The first-order valence-electron chi connectivity index (χ1n) is 7.15. The topological polar surface area (TPSA) is 34.4 Å². The molecule has 0 spiro atoms. The Balaban J connectivity index is 2.05. The van der Waals surface area contributed by atoms with Crippen LogP contribution in [0, 0.1) is 13.8 Å². The summed E-state index contributed by atoms with van der Waals surface area (Å²) >= 11 is 6.04. The third-order valence-corrected chi connectivity index (χ3v) is 3.53. The minimum Gasteiger partial charge on any atom is -0.485 e. The lowest BCUT2D eigenvalue weighted by atomic mass is 10.1. The van der Waals surface area contributed by atoms with Crippen molar-refractivity contribution in [2.45, 2.75) is 46.9 Å². The number of rotatable bonds is 6. The van der Waals surface area contributed by atoms with Crippen molar-refractivity contribution in [3.8, 4) is 5.75 Å². The summed E-state index contributed by atoms with van der Waals surface area (Å²) in [7, 11) is 0. The molecule has 1 aromatic carbocycles. The molecule has 21 heavy (non-hydrogen) atoms. The molecule has 0 saturated carbocycles. The second-order valence-electron chi connectivity index (χ2n) is 5.56. The normalized spacial score (nSPS) is 11.1. The van der Waals surface area contributed by atoms with Gasteiger partial charge in [0, 0.05) is 23.2 Å². The van der Waals surface area contributed by atoms with Gasteiger partial charge in [0.05, 0.1) is 6.26 Å². The number of ether oxygens (including phenoxy) is 1. The van der Waals surface area contributed by atoms with Crippen molar-refractivity contribution in [2.24, 2.45) is 0 Å². The minimum atomic E-state index is 0.422. The van der Waals surface area contributed by atoms with Crippen LogP contribution in [0.5, 0.6) is 5.75 Å². The fourth-order valence-electron chi connectivity index (χ4n) is 2.23. The summed E-state index contributed by atoms with van der Waals surface area (Å²) in [6.45, 7) is 9.44. The van der Waals surface area contributed by atoms with E-state index in [-0.39, 0.29) is 0 Å². The van der Waals surface area contributed by atoms with Crippen LogP contribution in [-0.2, 0) is 13.2 Å². The molecule has 0 aliphatic rings. The van der Waals surface area contributed by atoms with Crippen LogP contribution in [-0.4, -0.2) is 6.04 Å². The first-order chi connectivity index (χ1) is 9.97. The Kier molecular flexibility index (Phi) is 5.32. The fraction of sp³-hybridized carbons (Fsp3) is 0.412. The Bertz CT molecular complexity index is 582. The van der Waals surface area contributed by atoms with Crippen molar-refractivity contribution in [3.63, 3.8) is 0 Å². The molecule has 1 N–H and O–H groups in total. The van der Waals surface area contributed by atoms with Gasteiger partial charge in [0.1, 0.15) is 18.1 Å². The van der Waals surface area contributed by atoms with E-state index in [9.17, 15) is 0 Å². The molecule has 1 heterocycles. The maximum Gasteiger partial charge on any atom is 0.146 e. The molecule has 0 aliphatic carbocycles. The molecule has 0 bridgehead atoms. The lowest BCUT2D eigenvalue weighted by Gasteiger charge is -2.13. The molecule has 0 fully saturated rings. The molecule has 0 unspecified atom stereocenters. The molecule has 1 aromatic heterocycles. The second-order valence-corrected chi connectivity index (χ2v) is 6.00. The highest BCUT2D eigenvalue weighted by Crippen LogP contribution is 2.28. The molecule has 114 valence electrons. The molecule has 0 amide bonds. The molecule has 4 heteroatoms. The lowest BCUT2D eigenvalue weighted by molar-refractivity contribution is 0.264. The lowest BCUT2D eigenvalue weighted by Crippen LogP contribution is -2.22. The van der Waals surface area contributed by atoms with Crippen LogP contribution in [0.4, 0.5) is 0 Å². The summed E-state index contributed by atoms with van der Waals surface area (Å²) in [5.74, 6) is 1.73. The van der Waals surface area contributed by atoms with Gasteiger partial charge in [-0.15, -0.1) is 0 Å². The van der Waals surface area contributed by atoms with Gasteiger partial charge in [0.15, 0.2) is 0 Å². The second kappa shape index (κ2) is 7.01. The number of hydrogen-bond acceptors (Lipinski definition) is 3. The van der Waals surface area contributed by atoms with E-state index in [4.69, 9.17) is 20.8 Å². The van der Waals surface area contributed by atoms with Gasteiger partial charge in [0.2, 0.25) is 0 Å². The first-order valence-corrected chi connectivity index (χ1v) is 7.53. The van der Waals surface area contributed by atoms with Crippen LogP contribution in [0.25, 0.3) is 0 Å². The Morgan fingerprint density at radius 1 is 1.24 bits per heavy atom. The van der Waals surface area contributed by atoms with Crippen molar-refractivity contribution in [1.82, 2.24) is 5.32 Å². The van der Waals surface area contributed by atoms with Crippen molar-refractivity contribution in [2.75, 3.05) is 0 Å². The van der Waals surface area contributed by atoms with Gasteiger partial charge in [0.25, 0.3) is 0 Å². The summed E-state index contributed by atoms with van der Waals surface area (Å²) < 4.78 is 11.5. The SMILES string of the molecule is Cc1cc(Cl)cc(C)c1OCc1occc1CNC(C)C. The van der Waals surface area contributed by atoms with Crippen molar-refractivity contribution >= 4 is 11.6 Å².